The van der Waals surface area contributed by atoms with Crippen LogP contribution in [0.15, 0.2) is 18.3 Å². The first kappa shape index (κ1) is 14.7. The number of hydrogen-bond donors (Lipinski definition) is 0. The molecule has 0 saturated heterocycles. The van der Waals surface area contributed by atoms with E-state index in [2.05, 4.69) is 5.10 Å². The zero-order valence-electron chi connectivity index (χ0n) is 8.68. The van der Waals surface area contributed by atoms with E-state index in [1.54, 1.807) is 0 Å². The van der Waals surface area contributed by atoms with Crippen molar-refractivity contribution in [3.05, 3.63) is 29.7 Å². The van der Waals surface area contributed by atoms with Gasteiger partial charge >= 0.3 is 10.1 Å². The SMILES string of the molecule is Fc1cc2c(cnn2SC(F)(Cl)Cl)cc1C(F)(F)F. The van der Waals surface area contributed by atoms with Crippen molar-refractivity contribution >= 4 is 46.1 Å². The van der Waals surface area contributed by atoms with Gasteiger partial charge in [0, 0.05) is 11.5 Å². The molecule has 10 heteroatoms. The lowest BCUT2D eigenvalue weighted by molar-refractivity contribution is -0.139. The lowest BCUT2D eigenvalue weighted by Gasteiger charge is -2.10. The number of benzene rings is 1. The predicted molar refractivity (Wildman–Crippen MR) is 63.2 cm³/mol. The van der Waals surface area contributed by atoms with Crippen LogP contribution >= 0.6 is 35.1 Å². The van der Waals surface area contributed by atoms with Crippen LogP contribution in [0.5, 0.6) is 0 Å². The van der Waals surface area contributed by atoms with Crippen LogP contribution < -0.4 is 0 Å². The number of nitrogens with zero attached hydrogens (tertiary/aromatic N) is 2. The molecule has 0 fully saturated rings. The van der Waals surface area contributed by atoms with Crippen molar-refractivity contribution in [2.24, 2.45) is 0 Å². The van der Waals surface area contributed by atoms with E-state index < -0.39 is 21.5 Å². The van der Waals surface area contributed by atoms with Gasteiger partial charge in [-0.3, -0.25) is 0 Å². The molecule has 0 aliphatic carbocycles. The van der Waals surface area contributed by atoms with Crippen molar-refractivity contribution < 1.29 is 22.0 Å². The standard InChI is InChI=1S/C9H3Cl2F5N2S/c10-9(11,16)19-18-7-2-6(12)5(8(13,14)15)1-4(7)3-17-18/h1-3H. The van der Waals surface area contributed by atoms with Crippen LogP contribution in [0.25, 0.3) is 10.9 Å². The molecular weight excluding hydrogens is 334 g/mol. The summed E-state index contributed by atoms with van der Waals surface area (Å²) in [6.07, 6.45) is -3.80. The summed E-state index contributed by atoms with van der Waals surface area (Å²) in [5.41, 5.74) is -1.49. The zero-order chi connectivity index (χ0) is 14.4. The van der Waals surface area contributed by atoms with E-state index in [1.165, 1.54) is 0 Å². The van der Waals surface area contributed by atoms with E-state index in [4.69, 9.17) is 23.2 Å². The molecule has 0 radical (unpaired) electrons. The lowest BCUT2D eigenvalue weighted by Crippen LogP contribution is -2.08. The third-order valence-electron chi connectivity index (χ3n) is 2.12. The van der Waals surface area contributed by atoms with Crippen LogP contribution in [0.4, 0.5) is 22.0 Å². The maximum atomic E-state index is 13.4. The Labute approximate surface area is 117 Å². The molecule has 0 aliphatic heterocycles. The summed E-state index contributed by atoms with van der Waals surface area (Å²) in [4.78, 5) is 0. The molecule has 2 aromatic rings. The fourth-order valence-electron chi connectivity index (χ4n) is 1.41. The highest BCUT2D eigenvalue weighted by Gasteiger charge is 2.35. The lowest BCUT2D eigenvalue weighted by atomic mass is 10.1. The third-order valence-corrected chi connectivity index (χ3v) is 3.20. The summed E-state index contributed by atoms with van der Waals surface area (Å²) >= 11 is 10.4. The van der Waals surface area contributed by atoms with E-state index in [0.717, 1.165) is 10.3 Å². The number of halogens is 7. The quantitative estimate of drug-likeness (QED) is 0.581. The molecule has 104 valence electrons. The van der Waals surface area contributed by atoms with E-state index in [1.807, 2.05) is 0 Å². The van der Waals surface area contributed by atoms with Gasteiger partial charge in [-0.1, -0.05) is 23.2 Å². The molecule has 0 unspecified atom stereocenters. The van der Waals surface area contributed by atoms with Crippen LogP contribution in [0.3, 0.4) is 0 Å². The van der Waals surface area contributed by atoms with Gasteiger partial charge in [-0.2, -0.15) is 22.7 Å². The monoisotopic (exact) mass is 336 g/mol. The summed E-state index contributed by atoms with van der Waals surface area (Å²) in [6.45, 7) is 0. The Morgan fingerprint density at radius 3 is 2.32 bits per heavy atom. The van der Waals surface area contributed by atoms with E-state index >= 15 is 0 Å². The Balaban J connectivity index is 2.55. The average Bonchev–Trinajstić information content (AvgIpc) is 2.56. The average molecular weight is 337 g/mol. The molecule has 1 aromatic carbocycles. The molecule has 0 saturated carbocycles. The first-order valence-corrected chi connectivity index (χ1v) is 6.11. The van der Waals surface area contributed by atoms with Gasteiger partial charge in [0.1, 0.15) is 5.82 Å². The van der Waals surface area contributed by atoms with Crippen molar-refractivity contribution in [1.82, 2.24) is 9.19 Å². The fourth-order valence-corrected chi connectivity index (χ4v) is 2.35. The normalized spacial score (nSPS) is 13.2. The Kier molecular flexibility index (Phi) is 3.61. The van der Waals surface area contributed by atoms with Gasteiger partial charge in [0.15, 0.2) is 0 Å². The minimum atomic E-state index is -4.82. The van der Waals surface area contributed by atoms with Gasteiger partial charge in [0.2, 0.25) is 0 Å². The van der Waals surface area contributed by atoms with E-state index in [9.17, 15) is 22.0 Å². The summed E-state index contributed by atoms with van der Waals surface area (Å²) in [5, 5.41) is 3.57. The highest BCUT2D eigenvalue weighted by molar-refractivity contribution is 8.01. The smallest absolute Gasteiger partial charge is 0.206 e. The van der Waals surface area contributed by atoms with Crippen molar-refractivity contribution in [1.29, 1.82) is 0 Å². The van der Waals surface area contributed by atoms with Crippen molar-refractivity contribution in [2.45, 2.75) is 10.1 Å². The third kappa shape index (κ3) is 3.24. The Morgan fingerprint density at radius 2 is 1.79 bits per heavy atom. The maximum absolute atomic E-state index is 13.4. The van der Waals surface area contributed by atoms with Crippen molar-refractivity contribution in [3.8, 4) is 0 Å². The Bertz CT molecular complexity index is 619. The summed E-state index contributed by atoms with van der Waals surface area (Å²) < 4.78 is 61.9. The second-order valence-corrected chi connectivity index (χ2v) is 6.22. The molecule has 0 amide bonds. The van der Waals surface area contributed by atoms with Crippen LogP contribution in [0.1, 0.15) is 5.56 Å². The Morgan fingerprint density at radius 1 is 1.16 bits per heavy atom. The molecule has 0 spiro atoms. The first-order chi connectivity index (χ1) is 8.58. The second kappa shape index (κ2) is 4.68. The number of aromatic nitrogens is 2. The van der Waals surface area contributed by atoms with E-state index in [-0.39, 0.29) is 22.9 Å². The number of hydrogen-bond acceptors (Lipinski definition) is 2. The number of rotatable bonds is 2. The van der Waals surface area contributed by atoms with Crippen LogP contribution in [-0.2, 0) is 6.18 Å². The molecule has 0 atom stereocenters. The van der Waals surface area contributed by atoms with Gasteiger partial charge in [-0.15, -0.1) is 0 Å². The molecule has 0 aliphatic rings. The first-order valence-electron chi connectivity index (χ1n) is 4.58. The molecule has 0 bridgehead atoms. The maximum Gasteiger partial charge on any atom is 0.419 e. The van der Waals surface area contributed by atoms with Crippen LogP contribution in [0, 0.1) is 5.82 Å². The second-order valence-electron chi connectivity index (χ2n) is 3.44. The molecule has 2 rings (SSSR count). The van der Waals surface area contributed by atoms with E-state index in [0.29, 0.717) is 12.1 Å². The van der Waals surface area contributed by atoms with Crippen LogP contribution in [0.2, 0.25) is 0 Å². The molecule has 1 aromatic heterocycles. The van der Waals surface area contributed by atoms with Gasteiger partial charge in [0.05, 0.1) is 29.2 Å². The highest BCUT2D eigenvalue weighted by atomic mass is 35.5. The van der Waals surface area contributed by atoms with Gasteiger partial charge < -0.3 is 0 Å². The molecule has 2 nitrogen and oxygen atoms in total. The number of alkyl halides is 6. The van der Waals surface area contributed by atoms with Crippen molar-refractivity contribution in [2.75, 3.05) is 0 Å². The van der Waals surface area contributed by atoms with Crippen LogP contribution in [-0.4, -0.2) is 13.1 Å². The predicted octanol–water partition coefficient (Wildman–Crippen LogP) is 4.75. The molecule has 0 N–H and O–H groups in total. The fraction of sp³-hybridized carbons (Fsp3) is 0.222. The highest BCUT2D eigenvalue weighted by Crippen LogP contribution is 2.39. The molecule has 19 heavy (non-hydrogen) atoms. The minimum absolute atomic E-state index is 0.0150. The summed E-state index contributed by atoms with van der Waals surface area (Å²) in [7, 11) is 0. The van der Waals surface area contributed by atoms with Gasteiger partial charge in [-0.25, -0.2) is 8.48 Å². The zero-order valence-corrected chi connectivity index (χ0v) is 11.0. The topological polar surface area (TPSA) is 17.8 Å². The van der Waals surface area contributed by atoms with Crippen molar-refractivity contribution in [3.63, 3.8) is 0 Å². The molecule has 1 heterocycles. The largest absolute Gasteiger partial charge is 0.419 e. The summed E-state index contributed by atoms with van der Waals surface area (Å²) in [5.74, 6) is -1.49. The molecular formula is C9H3Cl2F5N2S. The Hall–Kier alpha value is -0.730. The number of fused-ring (bicyclic) bond motifs is 1. The van der Waals surface area contributed by atoms with Gasteiger partial charge in [0.25, 0.3) is 0 Å². The minimum Gasteiger partial charge on any atom is -0.206 e. The van der Waals surface area contributed by atoms with Gasteiger partial charge in [-0.05, 0) is 6.07 Å². The summed E-state index contributed by atoms with van der Waals surface area (Å²) in [6, 6.07) is 1.18.